The first-order valence-corrected chi connectivity index (χ1v) is 10.0. The average molecular weight is 392 g/mol. The molecule has 0 saturated carbocycles. The van der Waals surface area contributed by atoms with Gasteiger partial charge in [0, 0.05) is 18.4 Å². The van der Waals surface area contributed by atoms with Gasteiger partial charge < -0.3 is 10.5 Å². The largest absolute Gasteiger partial charge is 0.444 e. The topological polar surface area (TPSA) is 76.1 Å². The molecule has 0 saturated heterocycles. The second-order valence-electron chi connectivity index (χ2n) is 7.77. The summed E-state index contributed by atoms with van der Waals surface area (Å²) in [5.74, 6) is 0.240. The van der Waals surface area contributed by atoms with E-state index < -0.39 is 5.92 Å². The number of benzene rings is 3. The van der Waals surface area contributed by atoms with Crippen LogP contribution < -0.4 is 5.73 Å². The first-order chi connectivity index (χ1) is 14.7. The summed E-state index contributed by atoms with van der Waals surface area (Å²) < 4.78 is 5.87. The summed E-state index contributed by atoms with van der Waals surface area (Å²) in [7, 11) is 0. The van der Waals surface area contributed by atoms with Gasteiger partial charge in [-0.25, -0.2) is 0 Å². The first-order valence-electron chi connectivity index (χ1n) is 10.0. The average Bonchev–Trinajstić information content (AvgIpc) is 2.78. The van der Waals surface area contributed by atoms with Gasteiger partial charge in [0.25, 0.3) is 0 Å². The van der Waals surface area contributed by atoms with Crippen LogP contribution in [0, 0.1) is 11.3 Å². The van der Waals surface area contributed by atoms with Gasteiger partial charge in [-0.3, -0.25) is 4.79 Å². The lowest BCUT2D eigenvalue weighted by molar-refractivity contribution is -0.117. The van der Waals surface area contributed by atoms with Crippen molar-refractivity contribution in [1.82, 2.24) is 0 Å². The minimum atomic E-state index is -0.505. The van der Waals surface area contributed by atoms with E-state index in [1.165, 1.54) is 0 Å². The lowest BCUT2D eigenvalue weighted by atomic mass is 9.73. The van der Waals surface area contributed by atoms with Crippen LogP contribution in [0.3, 0.4) is 0 Å². The number of Topliss-reactive ketones (excluding diaryl/α,β-unsaturated/α-hetero) is 1. The van der Waals surface area contributed by atoms with E-state index in [9.17, 15) is 10.1 Å². The van der Waals surface area contributed by atoms with Crippen LogP contribution in [0.4, 0.5) is 0 Å². The summed E-state index contributed by atoms with van der Waals surface area (Å²) in [6.45, 7) is 0. The Labute approximate surface area is 174 Å². The van der Waals surface area contributed by atoms with Crippen LogP contribution in [0.25, 0.3) is 10.8 Å². The maximum absolute atomic E-state index is 13.4. The molecule has 0 bridgehead atoms. The van der Waals surface area contributed by atoms with E-state index in [0.717, 1.165) is 21.9 Å². The van der Waals surface area contributed by atoms with Crippen molar-refractivity contribution in [3.05, 3.63) is 107 Å². The van der Waals surface area contributed by atoms with Crippen LogP contribution in [0.2, 0.25) is 0 Å². The van der Waals surface area contributed by atoms with Gasteiger partial charge in [-0.15, -0.1) is 0 Å². The summed E-state index contributed by atoms with van der Waals surface area (Å²) in [6, 6.07) is 26.2. The molecule has 1 aliphatic carbocycles. The number of carbonyl (C=O) groups excluding carboxylic acids is 1. The van der Waals surface area contributed by atoms with Gasteiger partial charge in [0.15, 0.2) is 5.78 Å². The minimum Gasteiger partial charge on any atom is -0.444 e. The van der Waals surface area contributed by atoms with Gasteiger partial charge in [-0.1, -0.05) is 72.8 Å². The maximum Gasteiger partial charge on any atom is 0.205 e. The normalized spacial score (nSPS) is 21.2. The zero-order valence-corrected chi connectivity index (χ0v) is 16.3. The Hall–Kier alpha value is -3.84. The molecule has 3 aromatic rings. The van der Waals surface area contributed by atoms with Crippen LogP contribution in [0.15, 0.2) is 95.6 Å². The van der Waals surface area contributed by atoms with Crippen LogP contribution in [0.1, 0.15) is 35.8 Å². The number of nitriles is 1. The van der Waals surface area contributed by atoms with Crippen molar-refractivity contribution < 1.29 is 9.53 Å². The van der Waals surface area contributed by atoms with Crippen LogP contribution in [-0.4, -0.2) is 5.78 Å². The second kappa shape index (κ2) is 7.20. The van der Waals surface area contributed by atoms with Crippen LogP contribution >= 0.6 is 0 Å². The fourth-order valence-corrected chi connectivity index (χ4v) is 4.68. The number of ketones is 1. The summed E-state index contributed by atoms with van der Waals surface area (Å²) in [5.41, 5.74) is 9.08. The molecule has 4 nitrogen and oxygen atoms in total. The Bertz CT molecular complexity index is 1260. The van der Waals surface area contributed by atoms with E-state index in [1.54, 1.807) is 0 Å². The zero-order valence-electron chi connectivity index (χ0n) is 16.3. The molecule has 2 atom stereocenters. The molecule has 2 N–H and O–H groups in total. The third-order valence-corrected chi connectivity index (χ3v) is 6.07. The number of hydrogen-bond acceptors (Lipinski definition) is 4. The maximum atomic E-state index is 13.4. The van der Waals surface area contributed by atoms with Crippen molar-refractivity contribution in [2.45, 2.75) is 24.7 Å². The SMILES string of the molecule is N#CC1=C(N)OC2=C(C(=O)C[C@@H](c3ccccc3)C2)[C@H]1c1cccc2ccccc12. The molecular formula is C26H20N2O2. The second-order valence-corrected chi connectivity index (χ2v) is 7.77. The Kier molecular flexibility index (Phi) is 4.37. The molecule has 3 aromatic carbocycles. The molecule has 2 aliphatic rings. The number of allylic oxidation sites excluding steroid dienone is 3. The molecule has 0 aromatic heterocycles. The molecule has 0 unspecified atom stereocenters. The van der Waals surface area contributed by atoms with E-state index >= 15 is 0 Å². The molecule has 1 aliphatic heterocycles. The molecule has 0 spiro atoms. The number of fused-ring (bicyclic) bond motifs is 1. The lowest BCUT2D eigenvalue weighted by Crippen LogP contribution is -2.30. The first kappa shape index (κ1) is 18.2. The third-order valence-electron chi connectivity index (χ3n) is 6.07. The summed E-state index contributed by atoms with van der Waals surface area (Å²) in [4.78, 5) is 13.4. The van der Waals surface area contributed by atoms with E-state index in [0.29, 0.717) is 29.7 Å². The number of hydrogen-bond donors (Lipinski definition) is 1. The van der Waals surface area contributed by atoms with Crippen LogP contribution in [0.5, 0.6) is 0 Å². The molecule has 0 amide bonds. The lowest BCUT2D eigenvalue weighted by Gasteiger charge is -2.34. The number of nitrogens with zero attached hydrogens (tertiary/aromatic N) is 1. The third kappa shape index (κ3) is 2.87. The van der Waals surface area contributed by atoms with E-state index in [-0.39, 0.29) is 17.6 Å². The van der Waals surface area contributed by atoms with Gasteiger partial charge in [0.2, 0.25) is 5.88 Å². The fourth-order valence-electron chi connectivity index (χ4n) is 4.68. The zero-order chi connectivity index (χ0) is 20.7. The van der Waals surface area contributed by atoms with Gasteiger partial charge >= 0.3 is 0 Å². The molecule has 1 heterocycles. The molecule has 0 fully saturated rings. The molecular weight excluding hydrogens is 372 g/mol. The monoisotopic (exact) mass is 392 g/mol. The number of rotatable bonds is 2. The van der Waals surface area contributed by atoms with Crippen molar-refractivity contribution in [2.75, 3.05) is 0 Å². The van der Waals surface area contributed by atoms with Crippen LogP contribution in [-0.2, 0) is 9.53 Å². The van der Waals surface area contributed by atoms with Gasteiger partial charge in [0.05, 0.1) is 5.92 Å². The van der Waals surface area contributed by atoms with E-state index in [2.05, 4.69) is 6.07 Å². The standard InChI is InChI=1S/C26H20N2O2/c27-15-21-24(20-12-6-10-17-9-4-5-11-19(17)20)25-22(29)13-18(14-23(25)30-26(21)28)16-7-2-1-3-8-16/h1-12,18,24H,13-14,28H2/t18-,24+/m1/s1. The smallest absolute Gasteiger partial charge is 0.205 e. The number of carbonyl (C=O) groups is 1. The van der Waals surface area contributed by atoms with Gasteiger partial charge in [-0.05, 0) is 27.8 Å². The van der Waals surface area contributed by atoms with Crippen molar-refractivity contribution >= 4 is 16.6 Å². The highest BCUT2D eigenvalue weighted by Gasteiger charge is 2.41. The predicted molar refractivity (Wildman–Crippen MR) is 115 cm³/mol. The highest BCUT2D eigenvalue weighted by molar-refractivity contribution is 6.01. The quantitative estimate of drug-likeness (QED) is 0.662. The van der Waals surface area contributed by atoms with Gasteiger partial charge in [0.1, 0.15) is 17.4 Å². The number of nitrogens with two attached hydrogens (primary N) is 1. The highest BCUT2D eigenvalue weighted by Crippen LogP contribution is 2.47. The highest BCUT2D eigenvalue weighted by atomic mass is 16.5. The van der Waals surface area contributed by atoms with E-state index in [4.69, 9.17) is 10.5 Å². The van der Waals surface area contributed by atoms with Crippen molar-refractivity contribution in [2.24, 2.45) is 5.73 Å². The van der Waals surface area contributed by atoms with Crippen molar-refractivity contribution in [3.8, 4) is 6.07 Å². The fraction of sp³-hybridized carbons (Fsp3) is 0.154. The minimum absolute atomic E-state index is 0.0169. The molecule has 0 radical (unpaired) electrons. The molecule has 30 heavy (non-hydrogen) atoms. The van der Waals surface area contributed by atoms with Gasteiger partial charge in [-0.2, -0.15) is 5.26 Å². The summed E-state index contributed by atoms with van der Waals surface area (Å²) >= 11 is 0. The summed E-state index contributed by atoms with van der Waals surface area (Å²) in [6.07, 6.45) is 0.984. The Morgan fingerprint density at radius 2 is 1.67 bits per heavy atom. The predicted octanol–water partition coefficient (Wildman–Crippen LogP) is 5.05. The number of ether oxygens (including phenoxy) is 1. The van der Waals surface area contributed by atoms with Crippen molar-refractivity contribution in [3.63, 3.8) is 0 Å². The molecule has 4 heteroatoms. The Morgan fingerprint density at radius 1 is 0.933 bits per heavy atom. The molecule has 146 valence electrons. The van der Waals surface area contributed by atoms with E-state index in [1.807, 2.05) is 72.8 Å². The molecule has 5 rings (SSSR count). The Morgan fingerprint density at radius 3 is 2.47 bits per heavy atom. The van der Waals surface area contributed by atoms with Crippen molar-refractivity contribution in [1.29, 1.82) is 5.26 Å². The summed E-state index contributed by atoms with van der Waals surface area (Å²) in [5, 5.41) is 11.9. The Balaban J connectivity index is 1.67.